The van der Waals surface area contributed by atoms with Gasteiger partial charge in [-0.2, -0.15) is 0 Å². The number of hydrogen-bond donors (Lipinski definition) is 1. The van der Waals surface area contributed by atoms with Crippen molar-refractivity contribution < 1.29 is 17.9 Å². The summed E-state index contributed by atoms with van der Waals surface area (Å²) in [6.45, 7) is 1.37. The fourth-order valence-corrected chi connectivity index (χ4v) is 3.50. The summed E-state index contributed by atoms with van der Waals surface area (Å²) >= 11 is 5.79. The van der Waals surface area contributed by atoms with E-state index in [-0.39, 0.29) is 5.75 Å². The van der Waals surface area contributed by atoms with Crippen LogP contribution < -0.4 is 10.1 Å². The first kappa shape index (κ1) is 18.3. The second-order valence-corrected chi connectivity index (χ2v) is 8.02. The highest BCUT2D eigenvalue weighted by atomic mass is 35.5. The summed E-state index contributed by atoms with van der Waals surface area (Å²) in [5.41, 5.74) is 1.01. The molecule has 2 aromatic carbocycles. The number of carbonyl (C=O) groups excluding carboxylic acids is 1. The standard InChI is InChI=1S/C17H18ClNO4S/c1-12(17(20)19-15-5-3-4-6-16(15)23-2)24(21,22)11-13-7-9-14(18)10-8-13/h3-10,12H,11H2,1-2H3,(H,19,20)/t12-/m0/s1. The van der Waals surface area contributed by atoms with Gasteiger partial charge in [-0.15, -0.1) is 0 Å². The Morgan fingerprint density at radius 3 is 2.42 bits per heavy atom. The maximum atomic E-state index is 12.4. The number of ether oxygens (including phenoxy) is 1. The second kappa shape index (κ2) is 7.68. The van der Waals surface area contributed by atoms with Crippen LogP contribution in [0.3, 0.4) is 0 Å². The number of sulfone groups is 1. The zero-order valence-corrected chi connectivity index (χ0v) is 14.9. The molecule has 7 heteroatoms. The quantitative estimate of drug-likeness (QED) is 0.850. The molecule has 1 N–H and O–H groups in total. The number of halogens is 1. The van der Waals surface area contributed by atoms with Crippen molar-refractivity contribution in [2.45, 2.75) is 17.9 Å². The minimum Gasteiger partial charge on any atom is -0.495 e. The summed E-state index contributed by atoms with van der Waals surface area (Å²) in [5.74, 6) is -0.369. The number of amides is 1. The fourth-order valence-electron chi connectivity index (χ4n) is 2.08. The normalized spacial score (nSPS) is 12.5. The van der Waals surface area contributed by atoms with Crippen LogP contribution in [0.2, 0.25) is 5.02 Å². The molecule has 1 atom stereocenters. The average molecular weight is 368 g/mol. The molecule has 0 bridgehead atoms. The molecule has 128 valence electrons. The molecule has 0 aliphatic carbocycles. The summed E-state index contributed by atoms with van der Waals surface area (Å²) in [6.07, 6.45) is 0. The lowest BCUT2D eigenvalue weighted by Crippen LogP contribution is -2.33. The van der Waals surface area contributed by atoms with E-state index in [1.54, 1.807) is 48.5 Å². The van der Waals surface area contributed by atoms with Crippen molar-refractivity contribution in [3.63, 3.8) is 0 Å². The van der Waals surface area contributed by atoms with E-state index in [9.17, 15) is 13.2 Å². The Bertz CT molecular complexity index is 819. The number of benzene rings is 2. The fraction of sp³-hybridized carbons (Fsp3) is 0.235. The van der Waals surface area contributed by atoms with E-state index >= 15 is 0 Å². The smallest absolute Gasteiger partial charge is 0.242 e. The maximum Gasteiger partial charge on any atom is 0.242 e. The zero-order chi connectivity index (χ0) is 17.7. The van der Waals surface area contributed by atoms with Gasteiger partial charge in [0.05, 0.1) is 18.6 Å². The highest BCUT2D eigenvalue weighted by Gasteiger charge is 2.28. The minimum atomic E-state index is -3.66. The Labute approximate surface area is 146 Å². The Kier molecular flexibility index (Phi) is 5.85. The van der Waals surface area contributed by atoms with E-state index in [4.69, 9.17) is 16.3 Å². The van der Waals surface area contributed by atoms with E-state index in [1.807, 2.05) is 0 Å². The highest BCUT2D eigenvalue weighted by molar-refractivity contribution is 7.92. The van der Waals surface area contributed by atoms with Gasteiger partial charge < -0.3 is 10.1 Å². The molecular weight excluding hydrogens is 350 g/mol. The molecule has 0 radical (unpaired) electrons. The molecule has 0 spiro atoms. The molecule has 0 fully saturated rings. The number of anilines is 1. The molecule has 2 aromatic rings. The second-order valence-electron chi connectivity index (χ2n) is 5.27. The molecule has 24 heavy (non-hydrogen) atoms. The van der Waals surface area contributed by atoms with Crippen LogP contribution in [0, 0.1) is 0 Å². The first-order chi connectivity index (χ1) is 11.3. The SMILES string of the molecule is COc1ccccc1NC(=O)[C@H](C)S(=O)(=O)Cc1ccc(Cl)cc1. The Morgan fingerprint density at radius 2 is 1.79 bits per heavy atom. The van der Waals surface area contributed by atoms with Gasteiger partial charge in [0.15, 0.2) is 9.84 Å². The van der Waals surface area contributed by atoms with Crippen LogP contribution >= 0.6 is 11.6 Å². The first-order valence-electron chi connectivity index (χ1n) is 7.23. The van der Waals surface area contributed by atoms with Gasteiger partial charge in [-0.3, -0.25) is 4.79 Å². The van der Waals surface area contributed by atoms with Gasteiger partial charge in [-0.1, -0.05) is 35.9 Å². The van der Waals surface area contributed by atoms with Crippen LogP contribution in [0.4, 0.5) is 5.69 Å². The van der Waals surface area contributed by atoms with E-state index in [0.29, 0.717) is 22.0 Å². The van der Waals surface area contributed by atoms with E-state index < -0.39 is 21.0 Å². The summed E-state index contributed by atoms with van der Waals surface area (Å²) in [6, 6.07) is 13.3. The maximum absolute atomic E-state index is 12.4. The van der Waals surface area contributed by atoms with Crippen molar-refractivity contribution in [1.29, 1.82) is 0 Å². The summed E-state index contributed by atoms with van der Waals surface area (Å²) in [4.78, 5) is 12.3. The Hall–Kier alpha value is -2.05. The van der Waals surface area contributed by atoms with E-state index in [0.717, 1.165) is 0 Å². The molecule has 0 aliphatic rings. The molecule has 0 unspecified atom stereocenters. The van der Waals surface area contributed by atoms with Crippen molar-refractivity contribution in [3.8, 4) is 5.75 Å². The van der Waals surface area contributed by atoms with Crippen LogP contribution in [-0.4, -0.2) is 26.7 Å². The molecule has 5 nitrogen and oxygen atoms in total. The first-order valence-corrected chi connectivity index (χ1v) is 9.32. The van der Waals surface area contributed by atoms with Crippen LogP contribution in [0.1, 0.15) is 12.5 Å². The highest BCUT2D eigenvalue weighted by Crippen LogP contribution is 2.24. The van der Waals surface area contributed by atoms with Crippen molar-refractivity contribution in [2.75, 3.05) is 12.4 Å². The summed E-state index contributed by atoms with van der Waals surface area (Å²) in [5, 5.41) is 1.93. The van der Waals surface area contributed by atoms with Crippen LogP contribution in [-0.2, 0) is 20.4 Å². The van der Waals surface area contributed by atoms with Gasteiger partial charge in [-0.05, 0) is 36.8 Å². The van der Waals surface area contributed by atoms with E-state index in [1.165, 1.54) is 14.0 Å². The van der Waals surface area contributed by atoms with Gasteiger partial charge in [-0.25, -0.2) is 8.42 Å². The van der Waals surface area contributed by atoms with Crippen LogP contribution in [0.15, 0.2) is 48.5 Å². The molecule has 0 saturated carbocycles. The Balaban J connectivity index is 2.12. The Morgan fingerprint density at radius 1 is 1.17 bits per heavy atom. The number of methoxy groups -OCH3 is 1. The number of para-hydroxylation sites is 2. The summed E-state index contributed by atoms with van der Waals surface area (Å²) in [7, 11) is -2.18. The molecular formula is C17H18ClNO4S. The van der Waals surface area contributed by atoms with Gasteiger partial charge >= 0.3 is 0 Å². The zero-order valence-electron chi connectivity index (χ0n) is 13.3. The number of nitrogens with one attached hydrogen (secondary N) is 1. The molecule has 1 amide bonds. The summed E-state index contributed by atoms with van der Waals surface area (Å²) < 4.78 is 30.0. The van der Waals surface area contributed by atoms with Gasteiger partial charge in [0.25, 0.3) is 0 Å². The average Bonchev–Trinajstić information content (AvgIpc) is 2.56. The third-order valence-corrected chi connectivity index (χ3v) is 5.83. The number of hydrogen-bond acceptors (Lipinski definition) is 4. The third kappa shape index (κ3) is 4.49. The van der Waals surface area contributed by atoms with Gasteiger partial charge in [0.1, 0.15) is 11.0 Å². The van der Waals surface area contributed by atoms with Crippen molar-refractivity contribution in [1.82, 2.24) is 0 Å². The van der Waals surface area contributed by atoms with Crippen LogP contribution in [0.5, 0.6) is 5.75 Å². The van der Waals surface area contributed by atoms with E-state index in [2.05, 4.69) is 5.32 Å². The van der Waals surface area contributed by atoms with Crippen LogP contribution in [0.25, 0.3) is 0 Å². The number of carbonyl (C=O) groups is 1. The lowest BCUT2D eigenvalue weighted by molar-refractivity contribution is -0.115. The number of rotatable bonds is 6. The molecule has 0 aromatic heterocycles. The predicted octanol–water partition coefficient (Wildman–Crippen LogP) is 3.29. The van der Waals surface area contributed by atoms with Crippen molar-refractivity contribution in [2.24, 2.45) is 0 Å². The topological polar surface area (TPSA) is 72.5 Å². The molecule has 0 saturated heterocycles. The monoisotopic (exact) mass is 367 g/mol. The third-order valence-electron chi connectivity index (χ3n) is 3.55. The van der Waals surface area contributed by atoms with Crippen molar-refractivity contribution in [3.05, 3.63) is 59.1 Å². The largest absolute Gasteiger partial charge is 0.495 e. The lowest BCUT2D eigenvalue weighted by Gasteiger charge is -2.15. The minimum absolute atomic E-state index is 0.231. The van der Waals surface area contributed by atoms with Gasteiger partial charge in [0, 0.05) is 5.02 Å². The lowest BCUT2D eigenvalue weighted by atomic mass is 10.2. The molecule has 0 aliphatic heterocycles. The molecule has 2 rings (SSSR count). The van der Waals surface area contributed by atoms with Crippen molar-refractivity contribution >= 4 is 33.0 Å². The predicted molar refractivity (Wildman–Crippen MR) is 95.2 cm³/mol. The molecule has 0 heterocycles. The van der Waals surface area contributed by atoms with Gasteiger partial charge in [0.2, 0.25) is 5.91 Å².